The maximum absolute atomic E-state index is 3.98. The normalized spacial score (nSPS) is 30.3. The number of hydrogen-bond donors (Lipinski definition) is 1. The van der Waals surface area contributed by atoms with Crippen LogP contribution in [0.2, 0.25) is 0 Å². The quantitative estimate of drug-likeness (QED) is 0.855. The average molecular weight is 281 g/mol. The summed E-state index contributed by atoms with van der Waals surface area (Å²) >= 11 is 3.99. The Hall–Kier alpha value is 0.01000. The van der Waals surface area contributed by atoms with Gasteiger partial charge in [0.25, 0.3) is 0 Å². The third-order valence-corrected chi connectivity index (χ3v) is 6.37. The van der Waals surface area contributed by atoms with Gasteiger partial charge in [-0.3, -0.25) is 0 Å². The molecule has 0 aliphatic heterocycles. The first-order chi connectivity index (χ1) is 8.86. The van der Waals surface area contributed by atoms with Gasteiger partial charge in [0.1, 0.15) is 0 Å². The lowest BCUT2D eigenvalue weighted by Crippen LogP contribution is -2.38. The van der Waals surface area contributed by atoms with E-state index in [0.29, 0.717) is 6.04 Å². The van der Waals surface area contributed by atoms with Crippen LogP contribution in [0.3, 0.4) is 0 Å². The summed E-state index contributed by atoms with van der Waals surface area (Å²) < 4.78 is 0. The minimum Gasteiger partial charge on any atom is -0.306 e. The molecule has 1 aromatic rings. The van der Waals surface area contributed by atoms with E-state index in [2.05, 4.69) is 40.8 Å². The van der Waals surface area contributed by atoms with E-state index in [-0.39, 0.29) is 0 Å². The highest BCUT2D eigenvalue weighted by atomic mass is 32.2. The molecule has 0 radical (unpaired) electrons. The molecule has 0 spiro atoms. The first-order valence-electron chi connectivity index (χ1n) is 7.19. The van der Waals surface area contributed by atoms with Gasteiger partial charge < -0.3 is 5.32 Å². The van der Waals surface area contributed by atoms with Crippen LogP contribution in [0.4, 0.5) is 0 Å². The van der Waals surface area contributed by atoms with Crippen molar-refractivity contribution in [2.75, 3.05) is 6.26 Å². The number of thioether (sulfide) groups is 1. The Morgan fingerprint density at radius 2 is 2.22 bits per heavy atom. The summed E-state index contributed by atoms with van der Waals surface area (Å²) in [5, 5.41) is 7.09. The van der Waals surface area contributed by atoms with Crippen LogP contribution in [0.1, 0.15) is 49.4 Å². The van der Waals surface area contributed by atoms with E-state index in [0.717, 1.165) is 17.2 Å². The van der Waals surface area contributed by atoms with E-state index >= 15 is 0 Å². The summed E-state index contributed by atoms with van der Waals surface area (Å²) in [6.45, 7) is 0. The molecule has 3 unspecified atom stereocenters. The van der Waals surface area contributed by atoms with Crippen LogP contribution in [-0.2, 0) is 0 Å². The number of rotatable bonds is 5. The summed E-state index contributed by atoms with van der Waals surface area (Å²) in [6, 6.07) is 5.91. The highest BCUT2D eigenvalue weighted by Gasteiger charge is 2.35. The summed E-state index contributed by atoms with van der Waals surface area (Å²) in [6.07, 6.45) is 10.7. The van der Waals surface area contributed by atoms with Crippen LogP contribution >= 0.6 is 23.1 Å². The molecule has 1 heterocycles. The molecule has 1 nitrogen and oxygen atoms in total. The molecule has 0 bridgehead atoms. The molecule has 3 rings (SSSR count). The van der Waals surface area contributed by atoms with Crippen molar-refractivity contribution in [3.8, 4) is 0 Å². The number of thiophene rings is 1. The third kappa shape index (κ3) is 3.12. The lowest BCUT2D eigenvalue weighted by molar-refractivity contribution is 0.330. The van der Waals surface area contributed by atoms with Gasteiger partial charge in [-0.15, -0.1) is 11.3 Å². The molecule has 18 heavy (non-hydrogen) atoms. The van der Waals surface area contributed by atoms with Gasteiger partial charge in [0.15, 0.2) is 0 Å². The average Bonchev–Trinajstić information content (AvgIpc) is 3.11. The predicted molar refractivity (Wildman–Crippen MR) is 82.5 cm³/mol. The zero-order valence-electron chi connectivity index (χ0n) is 11.1. The van der Waals surface area contributed by atoms with Crippen LogP contribution in [0.15, 0.2) is 17.5 Å². The summed E-state index contributed by atoms with van der Waals surface area (Å²) in [5.41, 5.74) is 0. The Kier molecular flexibility index (Phi) is 4.32. The minimum atomic E-state index is 0.649. The van der Waals surface area contributed by atoms with Crippen LogP contribution < -0.4 is 5.32 Å². The van der Waals surface area contributed by atoms with Crippen molar-refractivity contribution in [1.82, 2.24) is 5.32 Å². The Morgan fingerprint density at radius 3 is 2.89 bits per heavy atom. The molecule has 3 heteroatoms. The first kappa shape index (κ1) is 13.0. The van der Waals surface area contributed by atoms with Crippen molar-refractivity contribution in [3.05, 3.63) is 22.4 Å². The van der Waals surface area contributed by atoms with E-state index in [4.69, 9.17) is 0 Å². The summed E-state index contributed by atoms with van der Waals surface area (Å²) in [4.78, 5) is 1.56. The summed E-state index contributed by atoms with van der Waals surface area (Å²) in [7, 11) is 0. The molecule has 0 aromatic carbocycles. The highest BCUT2D eigenvalue weighted by molar-refractivity contribution is 7.99. The predicted octanol–water partition coefficient (Wildman–Crippen LogP) is 4.46. The maximum atomic E-state index is 3.98. The van der Waals surface area contributed by atoms with Gasteiger partial charge in [-0.25, -0.2) is 0 Å². The van der Waals surface area contributed by atoms with Gasteiger partial charge in [-0.2, -0.15) is 11.8 Å². The lowest BCUT2D eigenvalue weighted by Gasteiger charge is -2.32. The molecule has 2 fully saturated rings. The van der Waals surface area contributed by atoms with Crippen molar-refractivity contribution in [3.63, 3.8) is 0 Å². The standard InChI is InChI=1S/C15H23NS2/c1-17-13-5-2-4-12(10-13)16-15(11-7-8-11)14-6-3-9-18-14/h3,6,9,11-13,15-16H,2,4-5,7-8,10H2,1H3. The van der Waals surface area contributed by atoms with Crippen molar-refractivity contribution < 1.29 is 0 Å². The lowest BCUT2D eigenvalue weighted by atomic mass is 9.93. The Labute approximate surface area is 119 Å². The van der Waals surface area contributed by atoms with Crippen LogP contribution in [0, 0.1) is 5.92 Å². The third-order valence-electron chi connectivity index (χ3n) is 4.32. The second kappa shape index (κ2) is 5.98. The highest BCUT2D eigenvalue weighted by Crippen LogP contribution is 2.43. The molecule has 3 atom stereocenters. The molecular formula is C15H23NS2. The molecule has 100 valence electrons. The topological polar surface area (TPSA) is 12.0 Å². The van der Waals surface area contributed by atoms with E-state index in [9.17, 15) is 0 Å². The van der Waals surface area contributed by atoms with Crippen molar-refractivity contribution in [1.29, 1.82) is 0 Å². The number of hydrogen-bond acceptors (Lipinski definition) is 3. The fourth-order valence-corrected chi connectivity index (χ4v) is 4.82. The molecule has 1 aromatic heterocycles. The maximum Gasteiger partial charge on any atom is 0.0445 e. The van der Waals surface area contributed by atoms with E-state index in [1.54, 1.807) is 4.88 Å². The van der Waals surface area contributed by atoms with Crippen molar-refractivity contribution in [2.45, 2.75) is 55.9 Å². The zero-order valence-corrected chi connectivity index (χ0v) is 12.7. The van der Waals surface area contributed by atoms with E-state index in [1.165, 1.54) is 38.5 Å². The zero-order chi connectivity index (χ0) is 12.4. The monoisotopic (exact) mass is 281 g/mol. The molecule has 2 aliphatic carbocycles. The molecule has 0 saturated heterocycles. The van der Waals surface area contributed by atoms with Crippen LogP contribution in [0.25, 0.3) is 0 Å². The van der Waals surface area contributed by atoms with Gasteiger partial charge in [0.05, 0.1) is 0 Å². The van der Waals surface area contributed by atoms with Gasteiger partial charge in [-0.05, 0) is 55.7 Å². The van der Waals surface area contributed by atoms with E-state index < -0.39 is 0 Å². The van der Waals surface area contributed by atoms with Crippen LogP contribution in [0.5, 0.6) is 0 Å². The Morgan fingerprint density at radius 1 is 1.33 bits per heavy atom. The van der Waals surface area contributed by atoms with Crippen molar-refractivity contribution in [2.24, 2.45) is 5.92 Å². The fourth-order valence-electron chi connectivity index (χ4n) is 3.11. The van der Waals surface area contributed by atoms with Gasteiger partial charge in [0.2, 0.25) is 0 Å². The van der Waals surface area contributed by atoms with Gasteiger partial charge in [0, 0.05) is 22.2 Å². The molecule has 1 N–H and O–H groups in total. The largest absolute Gasteiger partial charge is 0.306 e. The Balaban J connectivity index is 1.62. The summed E-state index contributed by atoms with van der Waals surface area (Å²) in [5.74, 6) is 0.915. The Bertz CT molecular complexity index is 359. The second-order valence-corrected chi connectivity index (χ2v) is 7.84. The molecular weight excluding hydrogens is 258 g/mol. The molecule has 2 aliphatic rings. The fraction of sp³-hybridized carbons (Fsp3) is 0.733. The first-order valence-corrected chi connectivity index (χ1v) is 9.36. The molecule has 0 amide bonds. The van der Waals surface area contributed by atoms with Crippen molar-refractivity contribution >= 4 is 23.1 Å². The second-order valence-electron chi connectivity index (χ2n) is 5.72. The SMILES string of the molecule is CSC1CCCC(NC(c2cccs2)C2CC2)C1. The number of nitrogens with one attached hydrogen (secondary N) is 1. The van der Waals surface area contributed by atoms with Gasteiger partial charge >= 0.3 is 0 Å². The smallest absolute Gasteiger partial charge is 0.0445 e. The van der Waals surface area contributed by atoms with E-state index in [1.807, 2.05) is 11.3 Å². The minimum absolute atomic E-state index is 0.649. The molecule has 2 saturated carbocycles. The van der Waals surface area contributed by atoms with Gasteiger partial charge in [-0.1, -0.05) is 12.5 Å². The van der Waals surface area contributed by atoms with Crippen LogP contribution in [-0.4, -0.2) is 17.5 Å².